The molecule has 2 N–H and O–H groups in total. The fourth-order valence-electron chi connectivity index (χ4n) is 1.54. The van der Waals surface area contributed by atoms with Crippen LogP contribution in [-0.2, 0) is 11.2 Å². The molecule has 0 amide bonds. The Hall–Kier alpha value is 0.260. The molecule has 1 aromatic rings. The predicted molar refractivity (Wildman–Crippen MR) is 59.3 cm³/mol. The van der Waals surface area contributed by atoms with Gasteiger partial charge in [0.2, 0.25) is 4.21 Å². The first-order valence-corrected chi connectivity index (χ1v) is 6.18. The first-order chi connectivity index (χ1) is 5.83. The lowest BCUT2D eigenvalue weighted by Crippen LogP contribution is -2.23. The highest BCUT2D eigenvalue weighted by Crippen LogP contribution is 2.36. The molecule has 0 bridgehead atoms. The van der Waals surface area contributed by atoms with Crippen LogP contribution in [0.15, 0.2) is 15.7 Å². The van der Waals surface area contributed by atoms with Gasteiger partial charge in [-0.15, -0.1) is 12.4 Å². The number of thiophene rings is 1. The fraction of sp³-hybridized carbons (Fsp3) is 0.500. The number of nitrogens with two attached hydrogens (primary N) is 1. The summed E-state index contributed by atoms with van der Waals surface area (Å²) in [6, 6.07) is 2.06. The Bertz CT molecular complexity index is 279. The third kappa shape index (κ3) is 2.02. The molecule has 2 heterocycles. The summed E-state index contributed by atoms with van der Waals surface area (Å²) in [5.74, 6) is 1.24. The van der Waals surface area contributed by atoms with Crippen LogP contribution in [0.25, 0.3) is 0 Å². The Kier molecular flexibility index (Phi) is 4.06. The maximum Gasteiger partial charge on any atom is 0.210 e. The lowest BCUT2D eigenvalue weighted by molar-refractivity contribution is 0.570. The summed E-state index contributed by atoms with van der Waals surface area (Å²) in [6.45, 7) is 0.681. The summed E-state index contributed by atoms with van der Waals surface area (Å²) in [4.78, 5) is 0. The number of hydrogen-bond donors (Lipinski definition) is 1. The van der Waals surface area contributed by atoms with E-state index in [0.717, 1.165) is 16.4 Å². The molecule has 0 aliphatic carbocycles. The second-order valence-electron chi connectivity index (χ2n) is 2.93. The van der Waals surface area contributed by atoms with E-state index in [9.17, 15) is 4.55 Å². The monoisotopic (exact) mass is 237 g/mol. The molecule has 0 saturated carbocycles. The van der Waals surface area contributed by atoms with Gasteiger partial charge in [0.05, 0.1) is 0 Å². The zero-order valence-corrected chi connectivity index (χ0v) is 9.51. The molecule has 13 heavy (non-hydrogen) atoms. The normalized spacial score (nSPS) is 26.3. The number of fused-ring (bicyclic) bond motifs is 1. The molecule has 0 saturated heterocycles. The Balaban J connectivity index is 0.000000845. The molecule has 0 spiro atoms. The van der Waals surface area contributed by atoms with Gasteiger partial charge < -0.3 is 10.3 Å². The van der Waals surface area contributed by atoms with Crippen molar-refractivity contribution in [3.05, 3.63) is 17.0 Å². The van der Waals surface area contributed by atoms with E-state index in [-0.39, 0.29) is 12.4 Å². The molecular formula is C8H12ClNOS2. The quantitative estimate of drug-likeness (QED) is 0.757. The van der Waals surface area contributed by atoms with Crippen LogP contribution in [0.2, 0.25) is 0 Å². The van der Waals surface area contributed by atoms with E-state index in [1.165, 1.54) is 5.56 Å². The molecule has 1 aromatic heterocycles. The molecule has 0 radical (unpaired) electrons. The van der Waals surface area contributed by atoms with Crippen molar-refractivity contribution < 1.29 is 4.55 Å². The van der Waals surface area contributed by atoms with Gasteiger partial charge in [0.25, 0.3) is 0 Å². The topological polar surface area (TPSA) is 49.1 Å². The summed E-state index contributed by atoms with van der Waals surface area (Å²) >= 11 is 0.854. The third-order valence-corrected chi connectivity index (χ3v) is 5.07. The first kappa shape index (κ1) is 11.3. The van der Waals surface area contributed by atoms with Gasteiger partial charge in [0.1, 0.15) is 5.75 Å². The Morgan fingerprint density at radius 3 is 3.15 bits per heavy atom. The van der Waals surface area contributed by atoms with Crippen LogP contribution < -0.4 is 5.73 Å². The smallest absolute Gasteiger partial charge is 0.210 e. The first-order valence-electron chi connectivity index (χ1n) is 3.98. The van der Waals surface area contributed by atoms with E-state index in [0.29, 0.717) is 12.5 Å². The molecule has 1 aliphatic heterocycles. The maximum atomic E-state index is 11.5. The van der Waals surface area contributed by atoms with Gasteiger partial charge >= 0.3 is 0 Å². The van der Waals surface area contributed by atoms with Crippen molar-refractivity contribution in [2.45, 2.75) is 16.5 Å². The maximum absolute atomic E-state index is 11.5. The standard InChI is InChI=1S/C8H11NOS2.ClH/c9-5-6-2-4-12(10)8-7(6)1-3-11-8;/h1,3,6H,2,4-5,9H2;1H/t6-,12-;/m0./s1. The van der Waals surface area contributed by atoms with Crippen molar-refractivity contribution in [2.75, 3.05) is 12.3 Å². The van der Waals surface area contributed by atoms with Crippen molar-refractivity contribution in [1.82, 2.24) is 0 Å². The van der Waals surface area contributed by atoms with Gasteiger partial charge in [-0.05, 0) is 29.2 Å². The summed E-state index contributed by atoms with van der Waals surface area (Å²) in [6.07, 6.45) is 0.979. The van der Waals surface area contributed by atoms with Crippen LogP contribution in [0, 0.1) is 0 Å². The lowest BCUT2D eigenvalue weighted by atomic mass is 9.99. The van der Waals surface area contributed by atoms with Crippen molar-refractivity contribution in [2.24, 2.45) is 5.73 Å². The third-order valence-electron chi connectivity index (χ3n) is 2.24. The summed E-state index contributed by atoms with van der Waals surface area (Å²) in [7, 11) is 0. The molecule has 74 valence electrons. The van der Waals surface area contributed by atoms with E-state index in [1.807, 2.05) is 5.38 Å². The number of rotatable bonds is 1. The number of hydrogen-bond acceptors (Lipinski definition) is 3. The van der Waals surface area contributed by atoms with Crippen LogP contribution in [0.4, 0.5) is 0 Å². The molecule has 2 rings (SSSR count). The molecule has 0 fully saturated rings. The SMILES string of the molecule is Cl.NC[C@@H]1CC[S@+]([O-])c2sccc21. The van der Waals surface area contributed by atoms with Crippen molar-refractivity contribution in [1.29, 1.82) is 0 Å². The lowest BCUT2D eigenvalue weighted by Gasteiger charge is -2.22. The van der Waals surface area contributed by atoms with Crippen molar-refractivity contribution >= 4 is 34.9 Å². The summed E-state index contributed by atoms with van der Waals surface area (Å²) in [5.41, 5.74) is 6.86. The Morgan fingerprint density at radius 1 is 1.69 bits per heavy atom. The Labute approximate surface area is 91.1 Å². The van der Waals surface area contributed by atoms with Gasteiger partial charge in [-0.3, -0.25) is 0 Å². The van der Waals surface area contributed by atoms with E-state index in [2.05, 4.69) is 6.07 Å². The molecule has 0 aromatic carbocycles. The van der Waals surface area contributed by atoms with Crippen LogP contribution in [-0.4, -0.2) is 16.9 Å². The summed E-state index contributed by atoms with van der Waals surface area (Å²) < 4.78 is 12.5. The van der Waals surface area contributed by atoms with Crippen LogP contribution in [0.3, 0.4) is 0 Å². The van der Waals surface area contributed by atoms with E-state index in [4.69, 9.17) is 5.73 Å². The zero-order chi connectivity index (χ0) is 8.55. The highest BCUT2D eigenvalue weighted by Gasteiger charge is 2.29. The van der Waals surface area contributed by atoms with Gasteiger partial charge in [0, 0.05) is 17.9 Å². The van der Waals surface area contributed by atoms with Gasteiger partial charge in [0.15, 0.2) is 0 Å². The van der Waals surface area contributed by atoms with Gasteiger partial charge in [-0.1, -0.05) is 11.3 Å². The van der Waals surface area contributed by atoms with Gasteiger partial charge in [-0.25, -0.2) is 0 Å². The summed E-state index contributed by atoms with van der Waals surface area (Å²) in [5, 5.41) is 2.01. The zero-order valence-electron chi connectivity index (χ0n) is 7.06. The van der Waals surface area contributed by atoms with Crippen LogP contribution in [0.5, 0.6) is 0 Å². The highest BCUT2D eigenvalue weighted by atomic mass is 35.5. The molecule has 0 unspecified atom stereocenters. The average molecular weight is 238 g/mol. The second kappa shape index (κ2) is 4.66. The van der Waals surface area contributed by atoms with Crippen LogP contribution in [0.1, 0.15) is 17.9 Å². The minimum atomic E-state index is -0.743. The average Bonchev–Trinajstić information content (AvgIpc) is 2.54. The van der Waals surface area contributed by atoms with Crippen molar-refractivity contribution in [3.63, 3.8) is 0 Å². The van der Waals surface area contributed by atoms with E-state index in [1.54, 1.807) is 11.3 Å². The molecule has 5 heteroatoms. The molecule has 2 atom stereocenters. The molecule has 1 aliphatic rings. The molecular weight excluding hydrogens is 226 g/mol. The second-order valence-corrected chi connectivity index (χ2v) is 5.62. The minimum Gasteiger partial charge on any atom is -0.611 e. The minimum absolute atomic E-state index is 0. The highest BCUT2D eigenvalue weighted by molar-refractivity contribution is 7.93. The van der Waals surface area contributed by atoms with Crippen LogP contribution >= 0.6 is 23.7 Å². The largest absolute Gasteiger partial charge is 0.611 e. The number of halogens is 1. The van der Waals surface area contributed by atoms with Crippen molar-refractivity contribution in [3.8, 4) is 0 Å². The van der Waals surface area contributed by atoms with Gasteiger partial charge in [-0.2, -0.15) is 0 Å². The predicted octanol–water partition coefficient (Wildman–Crippen LogP) is 1.72. The Morgan fingerprint density at radius 2 is 2.46 bits per heavy atom. The molecule has 2 nitrogen and oxygen atoms in total. The van der Waals surface area contributed by atoms with E-state index < -0.39 is 11.2 Å². The fourth-order valence-corrected chi connectivity index (χ4v) is 4.27. The van der Waals surface area contributed by atoms with E-state index >= 15 is 0 Å².